The first-order valence-corrected chi connectivity index (χ1v) is 3.81. The Morgan fingerprint density at radius 2 is 2.23 bits per heavy atom. The van der Waals surface area contributed by atoms with Crippen molar-refractivity contribution in [3.63, 3.8) is 0 Å². The molecule has 74 valence electrons. The quantitative estimate of drug-likeness (QED) is 0.748. The molecule has 1 unspecified atom stereocenters. The third kappa shape index (κ3) is 1.97. The Labute approximate surface area is 73.9 Å². The van der Waals surface area contributed by atoms with Crippen LogP contribution in [0.2, 0.25) is 0 Å². The Hall–Kier alpha value is -1.11. The Balaban J connectivity index is 2.94. The van der Waals surface area contributed by atoms with E-state index in [1.807, 2.05) is 0 Å². The average Bonchev–Trinajstić information content (AvgIpc) is 2.48. The number of alkyl halides is 2. The Morgan fingerprint density at radius 1 is 1.62 bits per heavy atom. The van der Waals surface area contributed by atoms with Crippen molar-refractivity contribution in [3.05, 3.63) is 5.82 Å². The molecule has 0 saturated heterocycles. The third-order valence-corrected chi connectivity index (χ3v) is 1.84. The number of tetrazole rings is 1. The Bertz CT molecular complexity index is 279. The maximum Gasteiger partial charge on any atom is 0.267 e. The van der Waals surface area contributed by atoms with Crippen LogP contribution in [-0.2, 0) is 6.54 Å². The van der Waals surface area contributed by atoms with Crippen molar-refractivity contribution < 1.29 is 8.78 Å². The van der Waals surface area contributed by atoms with Gasteiger partial charge in [0.15, 0.2) is 5.82 Å². The molecule has 1 aromatic rings. The number of nitrogens with zero attached hydrogens (tertiary/aromatic N) is 4. The zero-order valence-corrected chi connectivity index (χ0v) is 7.41. The van der Waals surface area contributed by atoms with Crippen LogP contribution in [0.15, 0.2) is 0 Å². The fourth-order valence-corrected chi connectivity index (χ4v) is 0.862. The van der Waals surface area contributed by atoms with Crippen molar-refractivity contribution in [2.24, 2.45) is 5.73 Å². The van der Waals surface area contributed by atoms with E-state index in [9.17, 15) is 8.78 Å². The van der Waals surface area contributed by atoms with Gasteiger partial charge in [0.05, 0.1) is 6.54 Å². The number of hydrogen-bond acceptors (Lipinski definition) is 4. The molecule has 1 atom stereocenters. The van der Waals surface area contributed by atoms with Crippen LogP contribution in [0.3, 0.4) is 0 Å². The molecule has 1 heterocycles. The number of rotatable bonds is 3. The molecule has 0 aromatic carbocycles. The lowest BCUT2D eigenvalue weighted by Crippen LogP contribution is -2.28. The van der Waals surface area contributed by atoms with Gasteiger partial charge in [-0.2, -0.15) is 0 Å². The highest BCUT2D eigenvalue weighted by Gasteiger charge is 2.33. The second-order valence-electron chi connectivity index (χ2n) is 2.88. The van der Waals surface area contributed by atoms with Crippen LogP contribution in [0.4, 0.5) is 8.78 Å². The maximum absolute atomic E-state index is 12.8. The molecule has 7 heteroatoms. The van der Waals surface area contributed by atoms with Gasteiger partial charge in [0.2, 0.25) is 0 Å². The smallest absolute Gasteiger partial charge is 0.267 e. The second-order valence-corrected chi connectivity index (χ2v) is 2.88. The van der Waals surface area contributed by atoms with Gasteiger partial charge in [-0.05, 0) is 17.4 Å². The molecule has 2 N–H and O–H groups in total. The summed E-state index contributed by atoms with van der Waals surface area (Å²) in [4.78, 5) is 0. The van der Waals surface area contributed by atoms with E-state index < -0.39 is 12.0 Å². The first-order chi connectivity index (χ1) is 5.96. The standard InChI is InChI=1S/C6H11F2N5/c1-4(6(2,7)8)13-5(3-9)10-11-12-13/h4H,3,9H2,1-2H3. The van der Waals surface area contributed by atoms with E-state index in [1.54, 1.807) is 0 Å². The molecule has 0 aliphatic carbocycles. The number of nitrogens with two attached hydrogens (primary N) is 1. The summed E-state index contributed by atoms with van der Waals surface area (Å²) in [5.41, 5.74) is 5.27. The van der Waals surface area contributed by atoms with Crippen LogP contribution in [0.1, 0.15) is 25.7 Å². The lowest BCUT2D eigenvalue weighted by molar-refractivity contribution is -0.0315. The van der Waals surface area contributed by atoms with Gasteiger partial charge in [0.25, 0.3) is 5.92 Å². The molecule has 0 spiro atoms. The number of hydrogen-bond donors (Lipinski definition) is 1. The van der Waals surface area contributed by atoms with Gasteiger partial charge in [-0.15, -0.1) is 5.10 Å². The summed E-state index contributed by atoms with van der Waals surface area (Å²) >= 11 is 0. The molecule has 1 aromatic heterocycles. The van der Waals surface area contributed by atoms with Gasteiger partial charge in [-0.1, -0.05) is 0 Å². The fourth-order valence-electron chi connectivity index (χ4n) is 0.862. The molecule has 1 rings (SSSR count). The normalized spacial score (nSPS) is 14.5. The van der Waals surface area contributed by atoms with E-state index in [4.69, 9.17) is 5.73 Å². The Kier molecular flexibility index (Phi) is 2.55. The first kappa shape index (κ1) is 9.97. The first-order valence-electron chi connectivity index (χ1n) is 3.81. The summed E-state index contributed by atoms with van der Waals surface area (Å²) in [5.74, 6) is -2.60. The summed E-state index contributed by atoms with van der Waals surface area (Å²) < 4.78 is 26.7. The van der Waals surface area contributed by atoms with Gasteiger partial charge in [-0.3, -0.25) is 0 Å². The molecule has 0 aliphatic heterocycles. The molecule has 0 fully saturated rings. The van der Waals surface area contributed by atoms with Gasteiger partial charge >= 0.3 is 0 Å². The van der Waals surface area contributed by atoms with E-state index in [2.05, 4.69) is 15.5 Å². The summed E-state index contributed by atoms with van der Waals surface area (Å²) in [6.07, 6.45) is 0. The van der Waals surface area contributed by atoms with Crippen LogP contribution in [-0.4, -0.2) is 26.1 Å². The van der Waals surface area contributed by atoms with Crippen molar-refractivity contribution in [1.82, 2.24) is 20.2 Å². The molecular formula is C6H11F2N5. The van der Waals surface area contributed by atoms with Crippen LogP contribution in [0.5, 0.6) is 0 Å². The highest BCUT2D eigenvalue weighted by Crippen LogP contribution is 2.27. The molecule has 5 nitrogen and oxygen atoms in total. The van der Waals surface area contributed by atoms with Crippen molar-refractivity contribution in [3.8, 4) is 0 Å². The maximum atomic E-state index is 12.8. The largest absolute Gasteiger partial charge is 0.324 e. The molecule has 0 radical (unpaired) electrons. The fraction of sp³-hybridized carbons (Fsp3) is 0.833. The average molecular weight is 191 g/mol. The molecule has 0 amide bonds. The van der Waals surface area contributed by atoms with Gasteiger partial charge in [0.1, 0.15) is 6.04 Å². The molecule has 0 bridgehead atoms. The third-order valence-electron chi connectivity index (χ3n) is 1.84. The van der Waals surface area contributed by atoms with Crippen LogP contribution in [0.25, 0.3) is 0 Å². The molecule has 0 saturated carbocycles. The van der Waals surface area contributed by atoms with E-state index >= 15 is 0 Å². The van der Waals surface area contributed by atoms with E-state index in [0.29, 0.717) is 0 Å². The van der Waals surface area contributed by atoms with E-state index in [1.165, 1.54) is 6.92 Å². The second kappa shape index (κ2) is 3.33. The predicted octanol–water partition coefficient (Wildman–Crippen LogP) is 0.348. The van der Waals surface area contributed by atoms with Crippen molar-refractivity contribution in [1.29, 1.82) is 0 Å². The van der Waals surface area contributed by atoms with Gasteiger partial charge in [0, 0.05) is 6.92 Å². The van der Waals surface area contributed by atoms with Crippen LogP contribution >= 0.6 is 0 Å². The topological polar surface area (TPSA) is 69.6 Å². The zero-order chi connectivity index (χ0) is 10.1. The van der Waals surface area contributed by atoms with Crippen molar-refractivity contribution >= 4 is 0 Å². The monoisotopic (exact) mass is 191 g/mol. The van der Waals surface area contributed by atoms with E-state index in [0.717, 1.165) is 11.6 Å². The highest BCUT2D eigenvalue weighted by atomic mass is 19.3. The van der Waals surface area contributed by atoms with Gasteiger partial charge in [-0.25, -0.2) is 13.5 Å². The molecule has 0 aliphatic rings. The summed E-state index contributed by atoms with van der Waals surface area (Å²) in [5, 5.41) is 10.2. The zero-order valence-electron chi connectivity index (χ0n) is 7.41. The van der Waals surface area contributed by atoms with Gasteiger partial charge < -0.3 is 5.73 Å². The van der Waals surface area contributed by atoms with Crippen LogP contribution in [0, 0.1) is 0 Å². The summed E-state index contributed by atoms with van der Waals surface area (Å²) in [6, 6.07) is -1.08. The summed E-state index contributed by atoms with van der Waals surface area (Å²) in [7, 11) is 0. The molecular weight excluding hydrogens is 180 g/mol. The van der Waals surface area contributed by atoms with Crippen molar-refractivity contribution in [2.45, 2.75) is 32.4 Å². The summed E-state index contributed by atoms with van der Waals surface area (Å²) in [6.45, 7) is 2.21. The molecule has 13 heavy (non-hydrogen) atoms. The minimum atomic E-state index is -2.86. The number of aromatic nitrogens is 4. The minimum absolute atomic E-state index is 0.0490. The SMILES string of the molecule is CC(n1nnnc1CN)C(C)(F)F. The minimum Gasteiger partial charge on any atom is -0.324 e. The Morgan fingerprint density at radius 3 is 2.69 bits per heavy atom. The highest BCUT2D eigenvalue weighted by molar-refractivity contribution is 4.85. The van der Waals surface area contributed by atoms with E-state index in [-0.39, 0.29) is 12.4 Å². The number of halogens is 2. The van der Waals surface area contributed by atoms with Crippen LogP contribution < -0.4 is 5.73 Å². The predicted molar refractivity (Wildman–Crippen MR) is 41.0 cm³/mol. The lowest BCUT2D eigenvalue weighted by atomic mass is 10.2. The lowest BCUT2D eigenvalue weighted by Gasteiger charge is -2.19. The van der Waals surface area contributed by atoms with Crippen molar-refractivity contribution in [2.75, 3.05) is 0 Å².